The summed E-state index contributed by atoms with van der Waals surface area (Å²) in [6, 6.07) is 7.17. The van der Waals surface area contributed by atoms with E-state index < -0.39 is 10.5 Å². The first-order valence-corrected chi connectivity index (χ1v) is 7.13. The minimum Gasteiger partial charge on any atom is -0.466 e. The van der Waals surface area contributed by atoms with Crippen LogP contribution in [0.5, 0.6) is 0 Å². The van der Waals surface area contributed by atoms with Gasteiger partial charge in [0.25, 0.3) is 5.69 Å². The number of carbonyl (C=O) groups is 1. The van der Waals surface area contributed by atoms with Crippen LogP contribution in [0.3, 0.4) is 0 Å². The van der Waals surface area contributed by atoms with Gasteiger partial charge in [0.05, 0.1) is 29.2 Å². The van der Waals surface area contributed by atoms with Crippen molar-refractivity contribution in [2.75, 3.05) is 6.54 Å². The lowest BCUT2D eigenvalue weighted by molar-refractivity contribution is -0.384. The smallest absolute Gasteiger partial charge is 0.270 e. The molecule has 1 unspecified atom stereocenters. The van der Waals surface area contributed by atoms with Crippen molar-refractivity contribution in [3.8, 4) is 0 Å². The van der Waals surface area contributed by atoms with E-state index in [0.717, 1.165) is 0 Å². The van der Waals surface area contributed by atoms with Gasteiger partial charge in [0.2, 0.25) is 5.91 Å². The third kappa shape index (κ3) is 4.30. The van der Waals surface area contributed by atoms with E-state index in [9.17, 15) is 20.0 Å². The highest BCUT2D eigenvalue weighted by atomic mass is 35.5. The van der Waals surface area contributed by atoms with Gasteiger partial charge in [-0.05, 0) is 24.6 Å². The van der Waals surface area contributed by atoms with Crippen LogP contribution in [0.4, 0.5) is 5.69 Å². The monoisotopic (exact) mass is 338 g/mol. The molecule has 122 valence electrons. The number of rotatable bonds is 6. The van der Waals surface area contributed by atoms with Crippen molar-refractivity contribution < 1.29 is 19.2 Å². The predicted octanol–water partition coefficient (Wildman–Crippen LogP) is 2.41. The van der Waals surface area contributed by atoms with Gasteiger partial charge in [-0.1, -0.05) is 17.7 Å². The maximum atomic E-state index is 12.0. The van der Waals surface area contributed by atoms with Crippen molar-refractivity contribution in [3.05, 3.63) is 63.1 Å². The number of hydrogen-bond acceptors (Lipinski definition) is 5. The molecule has 0 aliphatic heterocycles. The highest BCUT2D eigenvalue weighted by Gasteiger charge is 2.26. The molecule has 0 bridgehead atoms. The second kappa shape index (κ2) is 6.80. The molecule has 0 fully saturated rings. The van der Waals surface area contributed by atoms with Crippen LogP contribution in [-0.4, -0.2) is 22.5 Å². The fourth-order valence-electron chi connectivity index (χ4n) is 1.97. The molecule has 1 atom stereocenters. The number of hydrogen-bond donors (Lipinski definition) is 2. The van der Waals surface area contributed by atoms with Crippen LogP contribution >= 0.6 is 11.6 Å². The summed E-state index contributed by atoms with van der Waals surface area (Å²) >= 11 is 5.94. The summed E-state index contributed by atoms with van der Waals surface area (Å²) in [4.78, 5) is 22.0. The Morgan fingerprint density at radius 1 is 1.48 bits per heavy atom. The summed E-state index contributed by atoms with van der Waals surface area (Å²) in [5.41, 5.74) is -1.01. The van der Waals surface area contributed by atoms with Crippen molar-refractivity contribution in [1.29, 1.82) is 0 Å². The Bertz CT molecular complexity index is 713. The van der Waals surface area contributed by atoms with Gasteiger partial charge in [-0.3, -0.25) is 14.9 Å². The van der Waals surface area contributed by atoms with E-state index in [2.05, 4.69) is 5.32 Å². The highest BCUT2D eigenvalue weighted by molar-refractivity contribution is 6.31. The lowest BCUT2D eigenvalue weighted by atomic mass is 10.0. The number of benzene rings is 1. The van der Waals surface area contributed by atoms with E-state index in [1.807, 2.05) is 0 Å². The van der Waals surface area contributed by atoms with Gasteiger partial charge in [-0.25, -0.2) is 0 Å². The van der Waals surface area contributed by atoms with Crippen LogP contribution in [0.25, 0.3) is 0 Å². The summed E-state index contributed by atoms with van der Waals surface area (Å²) in [6.07, 6.45) is 1.38. The van der Waals surface area contributed by atoms with Crippen molar-refractivity contribution in [3.63, 3.8) is 0 Å². The van der Waals surface area contributed by atoms with Gasteiger partial charge < -0.3 is 14.8 Å². The van der Waals surface area contributed by atoms with E-state index in [-0.39, 0.29) is 29.6 Å². The molecular formula is C15H15ClN2O5. The molecule has 2 rings (SSSR count). The van der Waals surface area contributed by atoms with Crippen LogP contribution in [0, 0.1) is 10.1 Å². The Kier molecular flexibility index (Phi) is 5.02. The standard InChI is InChI=1S/C15H15ClN2O5/c1-15(20,13-3-2-6-23-13)9-17-14(19)7-10-4-5-11(18(21)22)8-12(10)16/h2-6,8,20H,7,9H2,1H3,(H,17,19). The van der Waals surface area contributed by atoms with Crippen LogP contribution in [-0.2, 0) is 16.8 Å². The molecule has 0 saturated carbocycles. The molecule has 1 aromatic heterocycles. The van der Waals surface area contributed by atoms with Gasteiger partial charge in [-0.2, -0.15) is 0 Å². The third-order valence-corrected chi connectivity index (χ3v) is 3.63. The quantitative estimate of drug-likeness (QED) is 0.621. The average Bonchev–Trinajstić information content (AvgIpc) is 3.02. The summed E-state index contributed by atoms with van der Waals surface area (Å²) in [7, 11) is 0. The van der Waals surface area contributed by atoms with Crippen molar-refractivity contribution >= 4 is 23.2 Å². The zero-order chi connectivity index (χ0) is 17.0. The summed E-state index contributed by atoms with van der Waals surface area (Å²) < 4.78 is 5.12. The first kappa shape index (κ1) is 17.0. The topological polar surface area (TPSA) is 106 Å². The van der Waals surface area contributed by atoms with Gasteiger partial charge >= 0.3 is 0 Å². The van der Waals surface area contributed by atoms with Crippen LogP contribution < -0.4 is 5.32 Å². The summed E-state index contributed by atoms with van der Waals surface area (Å²) in [5.74, 6) is -0.0289. The van der Waals surface area contributed by atoms with Crippen molar-refractivity contribution in [2.45, 2.75) is 18.9 Å². The molecule has 8 heteroatoms. The molecule has 23 heavy (non-hydrogen) atoms. The largest absolute Gasteiger partial charge is 0.466 e. The first-order valence-electron chi connectivity index (χ1n) is 6.75. The zero-order valence-electron chi connectivity index (χ0n) is 12.3. The normalized spacial score (nSPS) is 13.3. The third-order valence-electron chi connectivity index (χ3n) is 3.28. The molecule has 0 aliphatic carbocycles. The fraction of sp³-hybridized carbons (Fsp3) is 0.267. The highest BCUT2D eigenvalue weighted by Crippen LogP contribution is 2.23. The molecule has 1 aromatic carbocycles. The number of nitro groups is 1. The lowest BCUT2D eigenvalue weighted by Crippen LogP contribution is -2.39. The van der Waals surface area contributed by atoms with E-state index in [1.165, 1.54) is 31.4 Å². The molecule has 1 amide bonds. The zero-order valence-corrected chi connectivity index (χ0v) is 13.0. The van der Waals surface area contributed by atoms with E-state index in [0.29, 0.717) is 11.3 Å². The van der Waals surface area contributed by atoms with E-state index >= 15 is 0 Å². The van der Waals surface area contributed by atoms with Crippen molar-refractivity contribution in [1.82, 2.24) is 5.32 Å². The maximum absolute atomic E-state index is 12.0. The minimum absolute atomic E-state index is 0.0378. The lowest BCUT2D eigenvalue weighted by Gasteiger charge is -2.21. The van der Waals surface area contributed by atoms with Gasteiger partial charge in [0, 0.05) is 12.1 Å². The fourth-order valence-corrected chi connectivity index (χ4v) is 2.21. The molecule has 7 nitrogen and oxygen atoms in total. The Morgan fingerprint density at radius 2 is 2.22 bits per heavy atom. The Morgan fingerprint density at radius 3 is 2.78 bits per heavy atom. The number of aliphatic hydroxyl groups is 1. The number of nitrogens with zero attached hydrogens (tertiary/aromatic N) is 1. The summed E-state index contributed by atoms with van der Waals surface area (Å²) in [6.45, 7) is 1.48. The molecule has 0 spiro atoms. The summed E-state index contributed by atoms with van der Waals surface area (Å²) in [5, 5.41) is 23.6. The Balaban J connectivity index is 1.96. The molecule has 2 N–H and O–H groups in total. The SMILES string of the molecule is CC(O)(CNC(=O)Cc1ccc([N+](=O)[O-])cc1Cl)c1ccco1. The molecular weight excluding hydrogens is 324 g/mol. The van der Waals surface area contributed by atoms with E-state index in [1.54, 1.807) is 12.1 Å². The number of amides is 1. The number of carbonyl (C=O) groups excluding carboxylic acids is 1. The van der Waals surface area contributed by atoms with Crippen molar-refractivity contribution in [2.24, 2.45) is 0 Å². The molecule has 1 heterocycles. The number of non-ortho nitro benzene ring substituents is 1. The number of furan rings is 1. The molecule has 2 aromatic rings. The molecule has 0 radical (unpaired) electrons. The average molecular weight is 339 g/mol. The van der Waals surface area contributed by atoms with Crippen LogP contribution in [0.2, 0.25) is 5.02 Å². The minimum atomic E-state index is -1.33. The second-order valence-corrected chi connectivity index (χ2v) is 5.64. The predicted molar refractivity (Wildman–Crippen MR) is 83.1 cm³/mol. The molecule has 0 aliphatic rings. The number of nitro benzene ring substituents is 1. The van der Waals surface area contributed by atoms with Gasteiger partial charge in [0.1, 0.15) is 11.4 Å². The Labute approximate surface area is 137 Å². The molecule has 0 saturated heterocycles. The van der Waals surface area contributed by atoms with Gasteiger partial charge in [0.15, 0.2) is 0 Å². The van der Waals surface area contributed by atoms with E-state index in [4.69, 9.17) is 16.0 Å². The number of halogens is 1. The number of nitrogens with one attached hydrogen (secondary N) is 1. The maximum Gasteiger partial charge on any atom is 0.270 e. The second-order valence-electron chi connectivity index (χ2n) is 5.24. The van der Waals surface area contributed by atoms with Crippen LogP contribution in [0.15, 0.2) is 41.0 Å². The van der Waals surface area contributed by atoms with Crippen LogP contribution in [0.1, 0.15) is 18.2 Å². The Hall–Kier alpha value is -2.38. The first-order chi connectivity index (χ1) is 10.8. The van der Waals surface area contributed by atoms with Gasteiger partial charge in [-0.15, -0.1) is 0 Å².